The summed E-state index contributed by atoms with van der Waals surface area (Å²) in [5, 5.41) is 5.98. The van der Waals surface area contributed by atoms with Crippen molar-refractivity contribution in [1.29, 1.82) is 0 Å². The summed E-state index contributed by atoms with van der Waals surface area (Å²) in [7, 11) is 0. The topological polar surface area (TPSA) is 73.9 Å². The molecule has 2 N–H and O–H groups in total. The SMILES string of the molecule is O=C(CN1CCCCC1)N[C@@H](Cc1ccccc1)C(=O)NCCN1CCOCC1. The van der Waals surface area contributed by atoms with Gasteiger partial charge < -0.3 is 15.4 Å². The predicted octanol–water partition coefficient (Wildman–Crippen LogP) is 0.648. The molecule has 0 aromatic heterocycles. The average Bonchev–Trinajstić information content (AvgIpc) is 2.75. The zero-order valence-corrected chi connectivity index (χ0v) is 17.3. The van der Waals surface area contributed by atoms with Gasteiger partial charge in [-0.1, -0.05) is 36.8 Å². The lowest BCUT2D eigenvalue weighted by atomic mass is 10.0. The molecule has 7 heteroatoms. The van der Waals surface area contributed by atoms with Crippen LogP contribution in [0.4, 0.5) is 0 Å². The van der Waals surface area contributed by atoms with Crippen LogP contribution in [0.5, 0.6) is 0 Å². The van der Waals surface area contributed by atoms with Gasteiger partial charge in [0.2, 0.25) is 11.8 Å². The van der Waals surface area contributed by atoms with Gasteiger partial charge in [0.25, 0.3) is 0 Å². The highest BCUT2D eigenvalue weighted by Crippen LogP contribution is 2.08. The molecule has 0 unspecified atom stereocenters. The Morgan fingerprint density at radius 3 is 2.41 bits per heavy atom. The summed E-state index contributed by atoms with van der Waals surface area (Å²) < 4.78 is 5.36. The van der Waals surface area contributed by atoms with Gasteiger partial charge in [-0.3, -0.25) is 19.4 Å². The number of nitrogens with one attached hydrogen (secondary N) is 2. The van der Waals surface area contributed by atoms with Gasteiger partial charge in [-0.2, -0.15) is 0 Å². The third-order valence-corrected chi connectivity index (χ3v) is 5.58. The summed E-state index contributed by atoms with van der Waals surface area (Å²) in [5.41, 5.74) is 1.04. The number of carbonyl (C=O) groups is 2. The molecule has 3 rings (SSSR count). The molecule has 0 radical (unpaired) electrons. The zero-order valence-electron chi connectivity index (χ0n) is 17.3. The largest absolute Gasteiger partial charge is 0.379 e. The first kappa shape index (κ1) is 21.7. The van der Waals surface area contributed by atoms with Crippen molar-refractivity contribution < 1.29 is 14.3 Å². The van der Waals surface area contributed by atoms with Crippen LogP contribution in [0.3, 0.4) is 0 Å². The Balaban J connectivity index is 1.51. The van der Waals surface area contributed by atoms with Crippen LogP contribution in [0.15, 0.2) is 30.3 Å². The van der Waals surface area contributed by atoms with Gasteiger partial charge in [0.1, 0.15) is 6.04 Å². The molecule has 0 spiro atoms. The highest BCUT2D eigenvalue weighted by atomic mass is 16.5. The van der Waals surface area contributed by atoms with Crippen molar-refractivity contribution in [2.45, 2.75) is 31.7 Å². The summed E-state index contributed by atoms with van der Waals surface area (Å²) in [5.74, 6) is -0.190. The molecule has 1 aromatic rings. The van der Waals surface area contributed by atoms with Crippen LogP contribution in [-0.2, 0) is 20.7 Å². The number of ether oxygens (including phenoxy) is 1. The first-order valence-electron chi connectivity index (χ1n) is 10.8. The van der Waals surface area contributed by atoms with Crippen LogP contribution in [-0.4, -0.2) is 86.7 Å². The normalized spacial score (nSPS) is 19.4. The van der Waals surface area contributed by atoms with E-state index in [2.05, 4.69) is 20.4 Å². The minimum Gasteiger partial charge on any atom is -0.379 e. The Labute approximate surface area is 173 Å². The van der Waals surface area contributed by atoms with E-state index in [1.54, 1.807) is 0 Å². The van der Waals surface area contributed by atoms with E-state index < -0.39 is 6.04 Å². The van der Waals surface area contributed by atoms with Gasteiger partial charge in [-0.25, -0.2) is 0 Å². The number of hydrogen-bond donors (Lipinski definition) is 2. The quantitative estimate of drug-likeness (QED) is 0.635. The molecule has 0 saturated carbocycles. The number of morpholine rings is 1. The smallest absolute Gasteiger partial charge is 0.242 e. The molecular formula is C22H34N4O3. The fourth-order valence-electron chi connectivity index (χ4n) is 3.90. The van der Waals surface area contributed by atoms with Gasteiger partial charge in [0.05, 0.1) is 19.8 Å². The predicted molar refractivity (Wildman–Crippen MR) is 113 cm³/mol. The molecular weight excluding hydrogens is 368 g/mol. The van der Waals surface area contributed by atoms with Crippen molar-refractivity contribution in [3.05, 3.63) is 35.9 Å². The molecule has 2 heterocycles. The van der Waals surface area contributed by atoms with Crippen molar-refractivity contribution in [2.75, 3.05) is 59.0 Å². The first-order valence-corrected chi connectivity index (χ1v) is 10.8. The number of piperidine rings is 1. The van der Waals surface area contributed by atoms with E-state index in [4.69, 9.17) is 4.74 Å². The highest BCUT2D eigenvalue weighted by Gasteiger charge is 2.23. The minimum atomic E-state index is -0.556. The molecule has 2 saturated heterocycles. The minimum absolute atomic E-state index is 0.0730. The second-order valence-electron chi connectivity index (χ2n) is 7.89. The molecule has 7 nitrogen and oxygen atoms in total. The van der Waals surface area contributed by atoms with Crippen molar-refractivity contribution in [1.82, 2.24) is 20.4 Å². The lowest BCUT2D eigenvalue weighted by Gasteiger charge is -2.28. The van der Waals surface area contributed by atoms with Crippen molar-refractivity contribution in [2.24, 2.45) is 0 Å². The van der Waals surface area contributed by atoms with E-state index in [0.29, 0.717) is 19.5 Å². The Kier molecular flexibility index (Phi) is 8.92. The Bertz CT molecular complexity index is 628. The molecule has 0 bridgehead atoms. The maximum atomic E-state index is 12.8. The van der Waals surface area contributed by atoms with E-state index in [1.165, 1.54) is 6.42 Å². The van der Waals surface area contributed by atoms with E-state index in [1.807, 2.05) is 30.3 Å². The van der Waals surface area contributed by atoms with Crippen LogP contribution in [0, 0.1) is 0 Å². The van der Waals surface area contributed by atoms with Gasteiger partial charge in [-0.05, 0) is 31.5 Å². The molecule has 2 fully saturated rings. The third-order valence-electron chi connectivity index (χ3n) is 5.58. The Morgan fingerprint density at radius 2 is 1.69 bits per heavy atom. The molecule has 29 heavy (non-hydrogen) atoms. The number of benzene rings is 1. The van der Waals surface area contributed by atoms with Crippen LogP contribution < -0.4 is 10.6 Å². The van der Waals surface area contributed by atoms with Gasteiger partial charge >= 0.3 is 0 Å². The monoisotopic (exact) mass is 402 g/mol. The maximum absolute atomic E-state index is 12.8. The Morgan fingerprint density at radius 1 is 0.966 bits per heavy atom. The molecule has 2 amide bonds. The maximum Gasteiger partial charge on any atom is 0.242 e. The number of amides is 2. The number of likely N-dealkylation sites (tertiary alicyclic amines) is 1. The zero-order chi connectivity index (χ0) is 20.3. The first-order chi connectivity index (χ1) is 14.2. The van der Waals surface area contributed by atoms with Gasteiger partial charge in [0.15, 0.2) is 0 Å². The second kappa shape index (κ2) is 11.9. The van der Waals surface area contributed by atoms with Crippen LogP contribution in [0.2, 0.25) is 0 Å². The number of carbonyl (C=O) groups excluding carboxylic acids is 2. The van der Waals surface area contributed by atoms with Crippen LogP contribution in [0.1, 0.15) is 24.8 Å². The van der Waals surface area contributed by atoms with E-state index >= 15 is 0 Å². The van der Waals surface area contributed by atoms with Crippen molar-refractivity contribution in [3.8, 4) is 0 Å². The molecule has 1 aromatic carbocycles. The molecule has 1 atom stereocenters. The number of hydrogen-bond acceptors (Lipinski definition) is 5. The second-order valence-corrected chi connectivity index (χ2v) is 7.89. The van der Waals surface area contributed by atoms with Crippen molar-refractivity contribution in [3.63, 3.8) is 0 Å². The standard InChI is InChI=1S/C22H34N4O3/c27-21(18-26-10-5-2-6-11-26)24-20(17-19-7-3-1-4-8-19)22(28)23-9-12-25-13-15-29-16-14-25/h1,3-4,7-8,20H,2,5-6,9-18H2,(H,23,28)(H,24,27)/t20-/m0/s1. The average molecular weight is 403 g/mol. The lowest BCUT2D eigenvalue weighted by molar-refractivity contribution is -0.129. The summed E-state index contributed by atoms with van der Waals surface area (Å²) >= 11 is 0. The Hall–Kier alpha value is -1.96. The van der Waals surface area contributed by atoms with E-state index in [0.717, 1.165) is 64.3 Å². The molecule has 160 valence electrons. The lowest BCUT2D eigenvalue weighted by Crippen LogP contribution is -2.52. The van der Waals surface area contributed by atoms with Gasteiger partial charge in [-0.15, -0.1) is 0 Å². The molecule has 0 aliphatic carbocycles. The molecule has 2 aliphatic heterocycles. The van der Waals surface area contributed by atoms with Crippen LogP contribution in [0.25, 0.3) is 0 Å². The van der Waals surface area contributed by atoms with Gasteiger partial charge in [0, 0.05) is 32.6 Å². The highest BCUT2D eigenvalue weighted by molar-refractivity contribution is 5.88. The molecule has 2 aliphatic rings. The van der Waals surface area contributed by atoms with Crippen molar-refractivity contribution >= 4 is 11.8 Å². The fraction of sp³-hybridized carbons (Fsp3) is 0.636. The number of nitrogens with zero attached hydrogens (tertiary/aromatic N) is 2. The fourth-order valence-corrected chi connectivity index (χ4v) is 3.90. The summed E-state index contributed by atoms with van der Waals surface area (Å²) in [6, 6.07) is 9.29. The summed E-state index contributed by atoms with van der Waals surface area (Å²) in [4.78, 5) is 29.9. The number of rotatable bonds is 9. The van der Waals surface area contributed by atoms with E-state index in [9.17, 15) is 9.59 Å². The summed E-state index contributed by atoms with van der Waals surface area (Å²) in [6.45, 7) is 6.96. The van der Waals surface area contributed by atoms with Crippen LogP contribution >= 0.6 is 0 Å². The van der Waals surface area contributed by atoms with E-state index in [-0.39, 0.29) is 11.8 Å². The summed E-state index contributed by atoms with van der Waals surface area (Å²) in [6.07, 6.45) is 4.02. The third kappa shape index (κ3) is 7.76.